The molecule has 0 atom stereocenters. The lowest BCUT2D eigenvalue weighted by Gasteiger charge is -2.25. The molecular weight excluding hydrogens is 414 g/mol. The SMILES string of the molecule is CCCCCCN(CCCCCC)c1ccc(/C(C#N)=C(/C#N)C(=O)OCCOCC)cc1. The largest absolute Gasteiger partial charge is 0.459 e. The van der Waals surface area contributed by atoms with Crippen LogP contribution < -0.4 is 4.90 Å². The fraction of sp³-hybridized carbons (Fsp3) is 0.593. The van der Waals surface area contributed by atoms with E-state index in [0.717, 1.165) is 31.6 Å². The molecule has 0 unspecified atom stereocenters. The molecule has 0 amide bonds. The molecule has 6 heteroatoms. The van der Waals surface area contributed by atoms with Crippen LogP contribution in [0.2, 0.25) is 0 Å². The van der Waals surface area contributed by atoms with Crippen LogP contribution in [0.3, 0.4) is 0 Å². The first-order valence-electron chi connectivity index (χ1n) is 12.3. The van der Waals surface area contributed by atoms with Crippen molar-refractivity contribution in [1.82, 2.24) is 0 Å². The molecule has 0 bridgehead atoms. The van der Waals surface area contributed by atoms with Crippen LogP contribution >= 0.6 is 0 Å². The third kappa shape index (κ3) is 10.6. The Balaban J connectivity index is 2.98. The molecule has 1 aromatic carbocycles. The summed E-state index contributed by atoms with van der Waals surface area (Å²) in [6, 6.07) is 11.4. The second-order valence-corrected chi connectivity index (χ2v) is 7.96. The van der Waals surface area contributed by atoms with E-state index < -0.39 is 5.97 Å². The standard InChI is InChI=1S/C27H39N3O3/c1-4-7-9-11-17-30(18-12-10-8-5-2)24-15-13-23(14-16-24)25(21-28)26(22-29)27(31)33-20-19-32-6-3/h13-16H,4-12,17-20H2,1-3H3/b26-25-. The Morgan fingerprint density at radius 1 is 0.848 bits per heavy atom. The third-order valence-corrected chi connectivity index (χ3v) is 5.43. The quantitative estimate of drug-likeness (QED) is 0.124. The Bertz CT molecular complexity index is 791. The van der Waals surface area contributed by atoms with Gasteiger partial charge in [0.2, 0.25) is 0 Å². The lowest BCUT2D eigenvalue weighted by Crippen LogP contribution is -2.25. The van der Waals surface area contributed by atoms with Crippen LogP contribution in [0.25, 0.3) is 5.57 Å². The summed E-state index contributed by atoms with van der Waals surface area (Å²) in [6.07, 6.45) is 9.66. The lowest BCUT2D eigenvalue weighted by molar-refractivity contribution is -0.139. The van der Waals surface area contributed by atoms with Gasteiger partial charge in [-0.2, -0.15) is 10.5 Å². The number of hydrogen-bond donors (Lipinski definition) is 0. The molecular formula is C27H39N3O3. The molecule has 0 saturated heterocycles. The normalized spacial score (nSPS) is 11.3. The molecule has 180 valence electrons. The van der Waals surface area contributed by atoms with Crippen LogP contribution in [0.5, 0.6) is 0 Å². The molecule has 0 radical (unpaired) electrons. The summed E-state index contributed by atoms with van der Waals surface area (Å²) in [5.74, 6) is -0.800. The number of rotatable bonds is 17. The van der Waals surface area contributed by atoms with Crippen molar-refractivity contribution in [3.8, 4) is 12.1 Å². The summed E-state index contributed by atoms with van der Waals surface area (Å²) < 4.78 is 10.2. The molecule has 6 nitrogen and oxygen atoms in total. The van der Waals surface area contributed by atoms with Gasteiger partial charge in [-0.3, -0.25) is 0 Å². The highest BCUT2D eigenvalue weighted by atomic mass is 16.6. The van der Waals surface area contributed by atoms with Gasteiger partial charge in [0.15, 0.2) is 5.57 Å². The van der Waals surface area contributed by atoms with Crippen LogP contribution in [0.15, 0.2) is 29.8 Å². The Morgan fingerprint density at radius 3 is 1.94 bits per heavy atom. The fourth-order valence-corrected chi connectivity index (χ4v) is 3.55. The van der Waals surface area contributed by atoms with Crippen LogP contribution in [0, 0.1) is 22.7 Å². The first kappa shape index (κ1) is 28.2. The highest BCUT2D eigenvalue weighted by molar-refractivity contribution is 6.04. The zero-order chi connectivity index (χ0) is 24.3. The van der Waals surface area contributed by atoms with Gasteiger partial charge in [0, 0.05) is 25.4 Å². The molecule has 33 heavy (non-hydrogen) atoms. The minimum Gasteiger partial charge on any atom is -0.459 e. The van der Waals surface area contributed by atoms with Crippen molar-refractivity contribution in [3.63, 3.8) is 0 Å². The van der Waals surface area contributed by atoms with Crippen molar-refractivity contribution in [1.29, 1.82) is 10.5 Å². The van der Waals surface area contributed by atoms with Gasteiger partial charge in [-0.15, -0.1) is 0 Å². The highest BCUT2D eigenvalue weighted by Gasteiger charge is 2.19. The zero-order valence-corrected chi connectivity index (χ0v) is 20.6. The number of carbonyl (C=O) groups is 1. The van der Waals surface area contributed by atoms with E-state index in [9.17, 15) is 15.3 Å². The summed E-state index contributed by atoms with van der Waals surface area (Å²) >= 11 is 0. The Labute approximate surface area is 199 Å². The molecule has 0 fully saturated rings. The maximum absolute atomic E-state index is 12.3. The number of unbranched alkanes of at least 4 members (excludes halogenated alkanes) is 6. The lowest BCUT2D eigenvalue weighted by atomic mass is 10.0. The molecule has 0 saturated carbocycles. The van der Waals surface area contributed by atoms with E-state index in [1.807, 2.05) is 43.3 Å². The van der Waals surface area contributed by atoms with Crippen LogP contribution in [0.4, 0.5) is 5.69 Å². The van der Waals surface area contributed by atoms with E-state index in [0.29, 0.717) is 12.2 Å². The summed E-state index contributed by atoms with van der Waals surface area (Å²) in [7, 11) is 0. The van der Waals surface area contributed by atoms with Crippen molar-refractivity contribution in [2.24, 2.45) is 0 Å². The number of allylic oxidation sites excluding steroid dienone is 1. The number of anilines is 1. The number of carbonyl (C=O) groups excluding carboxylic acids is 1. The molecule has 0 N–H and O–H groups in total. The van der Waals surface area contributed by atoms with Crippen molar-refractivity contribution < 1.29 is 14.3 Å². The Hall–Kier alpha value is -2.83. The van der Waals surface area contributed by atoms with Crippen molar-refractivity contribution in [2.45, 2.75) is 72.1 Å². The van der Waals surface area contributed by atoms with Gasteiger partial charge in [0.05, 0.1) is 12.2 Å². The van der Waals surface area contributed by atoms with Crippen molar-refractivity contribution in [2.75, 3.05) is 37.8 Å². The van der Waals surface area contributed by atoms with Crippen LogP contribution in [-0.4, -0.2) is 38.9 Å². The topological polar surface area (TPSA) is 86.4 Å². The molecule has 0 aliphatic rings. The molecule has 1 rings (SSSR count). The monoisotopic (exact) mass is 453 g/mol. The van der Waals surface area contributed by atoms with Crippen LogP contribution in [0.1, 0.15) is 77.7 Å². The number of esters is 1. The molecule has 0 spiro atoms. The van der Waals surface area contributed by atoms with Gasteiger partial charge >= 0.3 is 5.97 Å². The van der Waals surface area contributed by atoms with E-state index in [1.165, 1.54) is 38.5 Å². The van der Waals surface area contributed by atoms with Gasteiger partial charge in [0.1, 0.15) is 18.7 Å². The summed E-state index contributed by atoms with van der Waals surface area (Å²) in [5, 5.41) is 19.1. The molecule has 0 aromatic heterocycles. The van der Waals surface area contributed by atoms with E-state index in [2.05, 4.69) is 18.7 Å². The molecule has 0 aliphatic heterocycles. The first-order chi connectivity index (χ1) is 16.1. The predicted octanol–water partition coefficient (Wildman–Crippen LogP) is 6.03. The number of hydrogen-bond acceptors (Lipinski definition) is 6. The third-order valence-electron chi connectivity index (χ3n) is 5.43. The van der Waals surface area contributed by atoms with E-state index in [1.54, 1.807) is 0 Å². The zero-order valence-electron chi connectivity index (χ0n) is 20.6. The second kappa shape index (κ2) is 17.7. The average Bonchev–Trinajstić information content (AvgIpc) is 2.84. The highest BCUT2D eigenvalue weighted by Crippen LogP contribution is 2.24. The number of nitriles is 2. The smallest absolute Gasteiger partial charge is 0.350 e. The number of nitrogens with zero attached hydrogens (tertiary/aromatic N) is 3. The second-order valence-electron chi connectivity index (χ2n) is 7.96. The summed E-state index contributed by atoms with van der Waals surface area (Å²) in [4.78, 5) is 14.7. The predicted molar refractivity (Wildman–Crippen MR) is 133 cm³/mol. The minimum absolute atomic E-state index is 0.0305. The Kier molecular flexibility index (Phi) is 15.1. The van der Waals surface area contributed by atoms with Gasteiger partial charge in [-0.05, 0) is 37.5 Å². The molecule has 1 aromatic rings. The Morgan fingerprint density at radius 2 is 1.45 bits per heavy atom. The first-order valence-corrected chi connectivity index (χ1v) is 12.3. The van der Waals surface area contributed by atoms with Crippen molar-refractivity contribution >= 4 is 17.2 Å². The van der Waals surface area contributed by atoms with Gasteiger partial charge in [0.25, 0.3) is 0 Å². The van der Waals surface area contributed by atoms with E-state index in [-0.39, 0.29) is 24.4 Å². The van der Waals surface area contributed by atoms with Crippen LogP contribution in [-0.2, 0) is 14.3 Å². The maximum Gasteiger partial charge on any atom is 0.350 e. The van der Waals surface area contributed by atoms with Crippen molar-refractivity contribution in [3.05, 3.63) is 35.4 Å². The minimum atomic E-state index is -0.800. The summed E-state index contributed by atoms with van der Waals surface area (Å²) in [6.45, 7) is 9.09. The molecule has 0 aliphatic carbocycles. The average molecular weight is 454 g/mol. The van der Waals surface area contributed by atoms with Gasteiger partial charge in [-0.25, -0.2) is 4.79 Å². The molecule has 0 heterocycles. The van der Waals surface area contributed by atoms with E-state index in [4.69, 9.17) is 9.47 Å². The maximum atomic E-state index is 12.3. The number of ether oxygens (including phenoxy) is 2. The summed E-state index contributed by atoms with van der Waals surface area (Å²) in [5.41, 5.74) is 1.39. The fourth-order valence-electron chi connectivity index (χ4n) is 3.55. The number of benzene rings is 1. The van der Waals surface area contributed by atoms with E-state index >= 15 is 0 Å². The van der Waals surface area contributed by atoms with Gasteiger partial charge in [-0.1, -0.05) is 64.5 Å². The van der Waals surface area contributed by atoms with Gasteiger partial charge < -0.3 is 14.4 Å².